The van der Waals surface area contributed by atoms with Crippen LogP contribution in [-0.2, 0) is 4.74 Å². The molecule has 1 unspecified atom stereocenters. The van der Waals surface area contributed by atoms with E-state index in [0.29, 0.717) is 13.1 Å². The number of fused-ring (bicyclic) bond motifs is 2. The fourth-order valence-electron chi connectivity index (χ4n) is 4.72. The maximum Gasteiger partial charge on any atom is 0.409 e. The molecule has 1 saturated heterocycles. The number of methoxy groups -OCH3 is 1. The van der Waals surface area contributed by atoms with E-state index in [-0.39, 0.29) is 17.9 Å². The van der Waals surface area contributed by atoms with Crippen molar-refractivity contribution >= 4 is 38.7 Å². The van der Waals surface area contributed by atoms with Crippen molar-refractivity contribution in [2.75, 3.05) is 20.2 Å². The van der Waals surface area contributed by atoms with Gasteiger partial charge in [0.05, 0.1) is 28.0 Å². The zero-order chi connectivity index (χ0) is 22.4. The summed E-state index contributed by atoms with van der Waals surface area (Å²) in [6.45, 7) is 1.21. The van der Waals surface area contributed by atoms with E-state index in [0.717, 1.165) is 37.5 Å². The SMILES string of the molecule is COC(=O)N1CC(c2nc3ccc(-c4ncnc5[nH]ccc45)cc3s2)[C@@H](c2ccccc2)C1. The Kier molecular flexibility index (Phi) is 4.80. The zero-order valence-electron chi connectivity index (χ0n) is 17.9. The molecule has 2 aromatic carbocycles. The van der Waals surface area contributed by atoms with Crippen molar-refractivity contribution in [1.29, 1.82) is 0 Å². The molecule has 3 aromatic heterocycles. The number of hydrogen-bond acceptors (Lipinski definition) is 6. The molecule has 4 heterocycles. The van der Waals surface area contributed by atoms with Crippen LogP contribution >= 0.6 is 11.3 Å². The van der Waals surface area contributed by atoms with Gasteiger partial charge in [-0.2, -0.15) is 0 Å². The highest BCUT2D eigenvalue weighted by Crippen LogP contribution is 2.43. The normalized spacial score (nSPS) is 18.3. The van der Waals surface area contributed by atoms with E-state index >= 15 is 0 Å². The van der Waals surface area contributed by atoms with Crippen LogP contribution in [-0.4, -0.2) is 51.1 Å². The lowest BCUT2D eigenvalue weighted by Crippen LogP contribution is -2.28. The first-order chi connectivity index (χ1) is 16.2. The first-order valence-electron chi connectivity index (χ1n) is 10.8. The van der Waals surface area contributed by atoms with Gasteiger partial charge in [0.2, 0.25) is 0 Å². The van der Waals surface area contributed by atoms with Gasteiger partial charge in [-0.3, -0.25) is 0 Å². The van der Waals surface area contributed by atoms with Crippen LogP contribution in [0.3, 0.4) is 0 Å². The van der Waals surface area contributed by atoms with Crippen molar-refractivity contribution in [1.82, 2.24) is 24.8 Å². The summed E-state index contributed by atoms with van der Waals surface area (Å²) in [7, 11) is 1.43. The molecule has 8 heteroatoms. The smallest absolute Gasteiger partial charge is 0.409 e. The molecule has 1 amide bonds. The molecule has 5 aromatic rings. The van der Waals surface area contributed by atoms with Crippen LogP contribution < -0.4 is 0 Å². The maximum absolute atomic E-state index is 12.3. The molecule has 164 valence electrons. The minimum absolute atomic E-state index is 0.114. The second-order valence-corrected chi connectivity index (χ2v) is 9.26. The van der Waals surface area contributed by atoms with Gasteiger partial charge in [0.25, 0.3) is 0 Å². The average molecular weight is 456 g/mol. The van der Waals surface area contributed by atoms with Crippen molar-refractivity contribution in [3.05, 3.63) is 77.7 Å². The van der Waals surface area contributed by atoms with E-state index in [4.69, 9.17) is 9.72 Å². The molecule has 0 spiro atoms. The number of hydrogen-bond donors (Lipinski definition) is 1. The Balaban J connectivity index is 1.40. The lowest BCUT2D eigenvalue weighted by molar-refractivity contribution is 0.132. The van der Waals surface area contributed by atoms with E-state index < -0.39 is 0 Å². The number of ether oxygens (including phenoxy) is 1. The molecular weight excluding hydrogens is 434 g/mol. The molecular formula is C25H21N5O2S. The van der Waals surface area contributed by atoms with Crippen LogP contribution in [0.15, 0.2) is 67.1 Å². The summed E-state index contributed by atoms with van der Waals surface area (Å²) in [4.78, 5) is 31.0. The molecule has 0 radical (unpaired) electrons. The van der Waals surface area contributed by atoms with Gasteiger partial charge in [0, 0.05) is 42.1 Å². The predicted octanol–water partition coefficient (Wildman–Crippen LogP) is 5.18. The number of H-pyrrole nitrogens is 1. The molecule has 0 saturated carbocycles. The number of carbonyl (C=O) groups is 1. The second kappa shape index (κ2) is 7.97. The van der Waals surface area contributed by atoms with Crippen molar-refractivity contribution in [3.8, 4) is 11.3 Å². The van der Waals surface area contributed by atoms with Crippen LogP contribution in [0.1, 0.15) is 22.4 Å². The number of nitrogens with one attached hydrogen (secondary N) is 1. The number of rotatable bonds is 3. The molecule has 0 bridgehead atoms. The Labute approximate surface area is 194 Å². The monoisotopic (exact) mass is 455 g/mol. The van der Waals surface area contributed by atoms with Crippen LogP contribution in [0.4, 0.5) is 4.79 Å². The number of aromatic nitrogens is 4. The van der Waals surface area contributed by atoms with Gasteiger partial charge in [0.15, 0.2) is 0 Å². The summed E-state index contributed by atoms with van der Waals surface area (Å²) in [5.74, 6) is 0.287. The van der Waals surface area contributed by atoms with Crippen LogP contribution in [0, 0.1) is 0 Å². The molecule has 6 rings (SSSR count). The first kappa shape index (κ1) is 19.9. The van der Waals surface area contributed by atoms with Gasteiger partial charge >= 0.3 is 6.09 Å². The topological polar surface area (TPSA) is 84.0 Å². The average Bonchev–Trinajstić information content (AvgIpc) is 3.60. The molecule has 33 heavy (non-hydrogen) atoms. The van der Waals surface area contributed by atoms with Crippen LogP contribution in [0.25, 0.3) is 32.5 Å². The lowest BCUT2D eigenvalue weighted by atomic mass is 9.89. The van der Waals surface area contributed by atoms with Gasteiger partial charge in [-0.25, -0.2) is 19.7 Å². The summed E-state index contributed by atoms with van der Waals surface area (Å²) in [6, 6.07) is 18.6. The number of likely N-dealkylation sites (tertiary alicyclic amines) is 1. The Morgan fingerprint density at radius 3 is 2.79 bits per heavy atom. The standard InChI is InChI=1S/C25H21N5O2S/c1-32-25(31)30-12-18(15-5-3-2-4-6-15)19(13-30)24-29-20-8-7-16(11-21(20)33-24)22-17-9-10-26-23(17)28-14-27-22/h2-11,14,18-19H,12-13H2,1H3,(H,26,27,28)/t18-,19?/m1/s1. The van der Waals surface area contributed by atoms with E-state index in [2.05, 4.69) is 45.3 Å². The van der Waals surface area contributed by atoms with Crippen molar-refractivity contribution in [2.45, 2.75) is 11.8 Å². The summed E-state index contributed by atoms with van der Waals surface area (Å²) in [5, 5.41) is 2.03. The maximum atomic E-state index is 12.3. The minimum Gasteiger partial charge on any atom is -0.453 e. The number of aromatic amines is 1. The van der Waals surface area contributed by atoms with Crippen molar-refractivity contribution < 1.29 is 9.53 Å². The second-order valence-electron chi connectivity index (χ2n) is 8.20. The third-order valence-electron chi connectivity index (χ3n) is 6.33. The number of thiazole rings is 1. The van der Waals surface area contributed by atoms with Crippen LogP contribution in [0.5, 0.6) is 0 Å². The number of nitrogens with zero attached hydrogens (tertiary/aromatic N) is 4. The van der Waals surface area contributed by atoms with Gasteiger partial charge in [-0.05, 0) is 23.8 Å². The van der Waals surface area contributed by atoms with Gasteiger partial charge in [0.1, 0.15) is 12.0 Å². The Morgan fingerprint density at radius 1 is 1.09 bits per heavy atom. The Hall–Kier alpha value is -3.78. The van der Waals surface area contributed by atoms with Crippen LogP contribution in [0.2, 0.25) is 0 Å². The fourth-order valence-corrected chi connectivity index (χ4v) is 5.88. The summed E-state index contributed by atoms with van der Waals surface area (Å²) in [6.07, 6.45) is 3.17. The number of amides is 1. The third-order valence-corrected chi connectivity index (χ3v) is 7.48. The molecule has 2 atom stereocenters. The molecule has 7 nitrogen and oxygen atoms in total. The number of carbonyl (C=O) groups excluding carboxylic acids is 1. The van der Waals surface area contributed by atoms with Gasteiger partial charge in [-0.15, -0.1) is 11.3 Å². The first-order valence-corrected chi connectivity index (χ1v) is 11.6. The van der Waals surface area contributed by atoms with E-state index in [1.54, 1.807) is 22.6 Å². The predicted molar refractivity (Wildman–Crippen MR) is 128 cm³/mol. The van der Waals surface area contributed by atoms with E-state index in [1.165, 1.54) is 12.7 Å². The Bertz CT molecular complexity index is 1460. The summed E-state index contributed by atoms with van der Waals surface area (Å²) in [5.41, 5.74) is 4.93. The van der Waals surface area contributed by atoms with Crippen molar-refractivity contribution in [3.63, 3.8) is 0 Å². The fraction of sp³-hybridized carbons (Fsp3) is 0.200. The molecule has 1 N–H and O–H groups in total. The van der Waals surface area contributed by atoms with Crippen molar-refractivity contribution in [2.24, 2.45) is 0 Å². The molecule has 0 aliphatic carbocycles. The zero-order valence-corrected chi connectivity index (χ0v) is 18.7. The Morgan fingerprint density at radius 2 is 1.94 bits per heavy atom. The summed E-state index contributed by atoms with van der Waals surface area (Å²) < 4.78 is 6.11. The van der Waals surface area contributed by atoms with E-state index in [9.17, 15) is 4.79 Å². The van der Waals surface area contributed by atoms with E-state index in [1.807, 2.05) is 30.5 Å². The highest BCUT2D eigenvalue weighted by atomic mass is 32.1. The summed E-state index contributed by atoms with van der Waals surface area (Å²) >= 11 is 1.69. The lowest BCUT2D eigenvalue weighted by Gasteiger charge is -2.16. The molecule has 1 fully saturated rings. The number of benzene rings is 2. The molecule has 1 aliphatic heterocycles. The third kappa shape index (κ3) is 3.43. The highest BCUT2D eigenvalue weighted by Gasteiger charge is 2.39. The minimum atomic E-state index is -0.291. The molecule has 1 aliphatic rings. The van der Waals surface area contributed by atoms with Gasteiger partial charge in [-0.1, -0.05) is 36.4 Å². The quantitative estimate of drug-likeness (QED) is 0.405. The van der Waals surface area contributed by atoms with Gasteiger partial charge < -0.3 is 14.6 Å². The largest absolute Gasteiger partial charge is 0.453 e. The highest BCUT2D eigenvalue weighted by molar-refractivity contribution is 7.18.